The maximum Gasteiger partial charge on any atom is 0.319 e. The van der Waals surface area contributed by atoms with E-state index in [4.69, 9.17) is 0 Å². The number of nitrogens with zero attached hydrogens (tertiary/aromatic N) is 3. The van der Waals surface area contributed by atoms with Gasteiger partial charge >= 0.3 is 6.55 Å². The second-order valence-corrected chi connectivity index (χ2v) is 4.40. The molecule has 1 N–H and O–H groups in total. The molecule has 4 nitrogen and oxygen atoms in total. The van der Waals surface area contributed by atoms with E-state index in [-0.39, 0.29) is 6.04 Å². The number of halogens is 2. The van der Waals surface area contributed by atoms with Gasteiger partial charge in [0, 0.05) is 30.8 Å². The van der Waals surface area contributed by atoms with Crippen molar-refractivity contribution in [3.63, 3.8) is 0 Å². The van der Waals surface area contributed by atoms with Gasteiger partial charge in [0.15, 0.2) is 0 Å². The second kappa shape index (κ2) is 5.97. The molecule has 0 radical (unpaired) electrons. The van der Waals surface area contributed by atoms with Gasteiger partial charge in [0.1, 0.15) is 5.82 Å². The highest BCUT2D eigenvalue weighted by Crippen LogP contribution is 2.18. The van der Waals surface area contributed by atoms with Gasteiger partial charge in [-0.15, -0.1) is 0 Å². The molecule has 0 aliphatic rings. The molecule has 19 heavy (non-hydrogen) atoms. The Hall–Kier alpha value is -1.69. The molecule has 0 aromatic carbocycles. The zero-order valence-electron chi connectivity index (χ0n) is 11.1. The van der Waals surface area contributed by atoms with E-state index >= 15 is 0 Å². The first kappa shape index (κ1) is 13.7. The van der Waals surface area contributed by atoms with Crippen molar-refractivity contribution in [1.29, 1.82) is 0 Å². The average molecular weight is 268 g/mol. The van der Waals surface area contributed by atoms with E-state index in [2.05, 4.69) is 17.2 Å². The smallest absolute Gasteiger partial charge is 0.319 e. The number of alkyl halides is 2. The second-order valence-electron chi connectivity index (χ2n) is 4.40. The Bertz CT molecular complexity index is 514. The van der Waals surface area contributed by atoms with Crippen molar-refractivity contribution < 1.29 is 8.78 Å². The predicted molar refractivity (Wildman–Crippen MR) is 69.1 cm³/mol. The number of aromatic nitrogens is 3. The lowest BCUT2D eigenvalue weighted by atomic mass is 10.1. The molecule has 0 aliphatic carbocycles. The van der Waals surface area contributed by atoms with Gasteiger partial charge in [0.25, 0.3) is 0 Å². The number of hydrogen-bond donors (Lipinski definition) is 1. The molecule has 6 heteroatoms. The van der Waals surface area contributed by atoms with Crippen LogP contribution >= 0.6 is 0 Å². The van der Waals surface area contributed by atoms with Crippen LogP contribution in [0.25, 0.3) is 0 Å². The highest BCUT2D eigenvalue weighted by molar-refractivity contribution is 5.16. The first-order valence-electron chi connectivity index (χ1n) is 6.28. The lowest BCUT2D eigenvalue weighted by molar-refractivity contribution is 0.0667. The Balaban J connectivity index is 2.13. The molecule has 2 aromatic heterocycles. The van der Waals surface area contributed by atoms with Crippen molar-refractivity contribution in [2.75, 3.05) is 7.05 Å². The predicted octanol–water partition coefficient (Wildman–Crippen LogP) is 2.80. The summed E-state index contributed by atoms with van der Waals surface area (Å²) in [6.45, 7) is -0.104. The maximum absolute atomic E-state index is 12.7. The molecular weight excluding hydrogens is 250 g/mol. The normalized spacial score (nSPS) is 13.1. The van der Waals surface area contributed by atoms with E-state index in [0.29, 0.717) is 12.4 Å². The van der Waals surface area contributed by atoms with E-state index in [1.807, 2.05) is 30.1 Å². The molecule has 0 bridgehead atoms. The summed E-state index contributed by atoms with van der Waals surface area (Å²) in [5, 5.41) is 3.22. The molecule has 0 saturated heterocycles. The summed E-state index contributed by atoms with van der Waals surface area (Å²) in [5.41, 5.74) is 1.15. The molecular formula is C13H18F2N4. The summed E-state index contributed by atoms with van der Waals surface area (Å²) in [7, 11) is 1.91. The van der Waals surface area contributed by atoms with Crippen LogP contribution in [0.5, 0.6) is 0 Å². The van der Waals surface area contributed by atoms with Crippen LogP contribution in [0, 0.1) is 0 Å². The van der Waals surface area contributed by atoms with Crippen molar-refractivity contribution in [3.05, 3.63) is 42.2 Å². The van der Waals surface area contributed by atoms with Crippen molar-refractivity contribution >= 4 is 0 Å². The SMILES string of the molecule is CCC(NC)c1ccn(Cc2nccn2C(F)F)c1. The summed E-state index contributed by atoms with van der Waals surface area (Å²) in [5.74, 6) is 0.356. The number of imidazole rings is 1. The highest BCUT2D eigenvalue weighted by atomic mass is 19.3. The summed E-state index contributed by atoms with van der Waals surface area (Å²) >= 11 is 0. The zero-order chi connectivity index (χ0) is 13.8. The standard InChI is InChI=1S/C13H18F2N4/c1-3-11(16-2)10-4-6-18(8-10)9-12-17-5-7-19(12)13(14)15/h4-8,11,13,16H,3,9H2,1-2H3. The van der Waals surface area contributed by atoms with Gasteiger partial charge < -0.3 is 9.88 Å². The van der Waals surface area contributed by atoms with Crippen LogP contribution in [0.15, 0.2) is 30.9 Å². The third-order valence-electron chi connectivity index (χ3n) is 3.22. The minimum absolute atomic E-state index is 0.288. The molecule has 2 heterocycles. The van der Waals surface area contributed by atoms with Crippen LogP contribution in [0.3, 0.4) is 0 Å². The van der Waals surface area contributed by atoms with Gasteiger partial charge in [0.2, 0.25) is 0 Å². The van der Waals surface area contributed by atoms with Crippen LogP contribution in [-0.4, -0.2) is 21.2 Å². The Labute approximate surface area is 111 Å². The highest BCUT2D eigenvalue weighted by Gasteiger charge is 2.13. The Kier molecular flexibility index (Phi) is 4.31. The lowest BCUT2D eigenvalue weighted by Crippen LogP contribution is -2.14. The van der Waals surface area contributed by atoms with E-state index in [1.165, 1.54) is 12.4 Å². The number of hydrogen-bond acceptors (Lipinski definition) is 2. The van der Waals surface area contributed by atoms with Gasteiger partial charge in [-0.1, -0.05) is 6.92 Å². The van der Waals surface area contributed by atoms with E-state index in [1.54, 1.807) is 0 Å². The van der Waals surface area contributed by atoms with Crippen LogP contribution in [0.1, 0.15) is 37.3 Å². The first-order chi connectivity index (χ1) is 9.15. The molecule has 0 aliphatic heterocycles. The monoisotopic (exact) mass is 268 g/mol. The maximum atomic E-state index is 12.7. The van der Waals surface area contributed by atoms with Crippen LogP contribution in [0.4, 0.5) is 8.78 Å². The van der Waals surface area contributed by atoms with Crippen molar-refractivity contribution in [3.8, 4) is 0 Å². The first-order valence-corrected chi connectivity index (χ1v) is 6.28. The summed E-state index contributed by atoms with van der Waals surface area (Å²) in [6.07, 6.45) is 7.53. The molecule has 1 atom stereocenters. The number of rotatable bonds is 6. The van der Waals surface area contributed by atoms with Gasteiger partial charge in [-0.05, 0) is 25.1 Å². The molecule has 104 valence electrons. The lowest BCUT2D eigenvalue weighted by Gasteiger charge is -2.11. The van der Waals surface area contributed by atoms with Gasteiger partial charge in [-0.3, -0.25) is 4.57 Å². The van der Waals surface area contributed by atoms with Crippen molar-refractivity contribution in [2.24, 2.45) is 0 Å². The fourth-order valence-electron chi connectivity index (χ4n) is 2.18. The molecule has 2 aromatic rings. The summed E-state index contributed by atoms with van der Waals surface area (Å²) in [6, 6.07) is 2.29. The Morgan fingerprint density at radius 1 is 1.37 bits per heavy atom. The van der Waals surface area contributed by atoms with Crippen molar-refractivity contribution in [2.45, 2.75) is 32.5 Å². The molecule has 2 rings (SSSR count). The minimum Gasteiger partial charge on any atom is -0.346 e. The molecule has 0 spiro atoms. The third kappa shape index (κ3) is 3.01. The Morgan fingerprint density at radius 2 is 2.16 bits per heavy atom. The molecule has 1 unspecified atom stereocenters. The fraction of sp³-hybridized carbons (Fsp3) is 0.462. The molecule has 0 amide bonds. The largest absolute Gasteiger partial charge is 0.346 e. The van der Waals surface area contributed by atoms with Crippen LogP contribution < -0.4 is 5.32 Å². The molecule has 0 fully saturated rings. The average Bonchev–Trinajstić information content (AvgIpc) is 3.01. The van der Waals surface area contributed by atoms with Crippen LogP contribution in [0.2, 0.25) is 0 Å². The number of nitrogens with one attached hydrogen (secondary N) is 1. The molecule has 0 saturated carbocycles. The summed E-state index contributed by atoms with van der Waals surface area (Å²) in [4.78, 5) is 3.97. The minimum atomic E-state index is -2.55. The summed E-state index contributed by atoms with van der Waals surface area (Å²) < 4.78 is 28.2. The van der Waals surface area contributed by atoms with Crippen LogP contribution in [-0.2, 0) is 6.54 Å². The third-order valence-corrected chi connectivity index (χ3v) is 3.22. The van der Waals surface area contributed by atoms with Crippen molar-refractivity contribution in [1.82, 2.24) is 19.4 Å². The van der Waals surface area contributed by atoms with Gasteiger partial charge in [0.05, 0.1) is 6.54 Å². The topological polar surface area (TPSA) is 34.8 Å². The van der Waals surface area contributed by atoms with E-state index in [9.17, 15) is 8.78 Å². The van der Waals surface area contributed by atoms with E-state index < -0.39 is 6.55 Å². The fourth-order valence-corrected chi connectivity index (χ4v) is 2.18. The van der Waals surface area contributed by atoms with E-state index in [0.717, 1.165) is 16.6 Å². The van der Waals surface area contributed by atoms with Gasteiger partial charge in [-0.25, -0.2) is 4.98 Å². The zero-order valence-corrected chi connectivity index (χ0v) is 11.1. The Morgan fingerprint density at radius 3 is 2.79 bits per heavy atom. The van der Waals surface area contributed by atoms with Gasteiger partial charge in [-0.2, -0.15) is 8.78 Å². The quantitative estimate of drug-likeness (QED) is 0.874.